The Morgan fingerprint density at radius 2 is 1.45 bits per heavy atom. The fourth-order valence-electron chi connectivity index (χ4n) is 4.68. The topological polar surface area (TPSA) is 107 Å². The zero-order valence-corrected chi connectivity index (χ0v) is 21.8. The van der Waals surface area contributed by atoms with Crippen molar-refractivity contribution in [3.05, 3.63) is 99.6 Å². The molecule has 1 N–H and O–H groups in total. The van der Waals surface area contributed by atoms with Crippen molar-refractivity contribution >= 4 is 40.2 Å². The van der Waals surface area contributed by atoms with E-state index in [1.54, 1.807) is 12.1 Å². The largest absolute Gasteiger partial charge is 0.507 e. The molecule has 0 radical (unpaired) electrons. The lowest BCUT2D eigenvalue weighted by atomic mass is 9.94. The summed E-state index contributed by atoms with van der Waals surface area (Å²) in [7, 11) is 3.81. The summed E-state index contributed by atoms with van der Waals surface area (Å²) in [6.45, 7) is 5.78. The third-order valence-electron chi connectivity index (χ3n) is 6.78. The number of carbonyl (C=O) groups is 2. The van der Waals surface area contributed by atoms with Crippen LogP contribution in [-0.2, 0) is 9.59 Å². The molecule has 0 aliphatic carbocycles. The van der Waals surface area contributed by atoms with Gasteiger partial charge in [0, 0.05) is 61.9 Å². The van der Waals surface area contributed by atoms with Crippen molar-refractivity contribution in [2.75, 3.05) is 41.9 Å². The van der Waals surface area contributed by atoms with Gasteiger partial charge < -0.3 is 14.9 Å². The highest BCUT2D eigenvalue weighted by Gasteiger charge is 2.47. The first-order valence-corrected chi connectivity index (χ1v) is 12.4. The molecule has 1 saturated heterocycles. The maximum atomic E-state index is 13.4. The first kappa shape index (κ1) is 26.4. The van der Waals surface area contributed by atoms with E-state index in [1.807, 2.05) is 55.4 Å². The summed E-state index contributed by atoms with van der Waals surface area (Å²) >= 11 is 0. The number of hydrogen-bond acceptors (Lipinski definition) is 7. The van der Waals surface area contributed by atoms with Crippen LogP contribution in [0.25, 0.3) is 5.76 Å². The summed E-state index contributed by atoms with van der Waals surface area (Å²) in [5.74, 6) is -1.97. The number of hydrogen-bond donors (Lipinski definition) is 1. The monoisotopic (exact) mass is 514 g/mol. The summed E-state index contributed by atoms with van der Waals surface area (Å²) in [5, 5.41) is 22.3. The van der Waals surface area contributed by atoms with Crippen molar-refractivity contribution in [1.82, 2.24) is 0 Å². The van der Waals surface area contributed by atoms with Crippen LogP contribution >= 0.6 is 0 Å². The first-order valence-electron chi connectivity index (χ1n) is 12.4. The van der Waals surface area contributed by atoms with Gasteiger partial charge in [0.15, 0.2) is 0 Å². The normalized spacial score (nSPS) is 16.5. The lowest BCUT2D eigenvalue weighted by Gasteiger charge is -2.27. The maximum absolute atomic E-state index is 13.4. The van der Waals surface area contributed by atoms with E-state index < -0.39 is 22.7 Å². The van der Waals surface area contributed by atoms with Gasteiger partial charge in [-0.15, -0.1) is 0 Å². The molecule has 9 nitrogen and oxygen atoms in total. The average molecular weight is 515 g/mol. The van der Waals surface area contributed by atoms with E-state index in [2.05, 4.69) is 18.7 Å². The average Bonchev–Trinajstić information content (AvgIpc) is 3.19. The molecule has 3 aromatic rings. The summed E-state index contributed by atoms with van der Waals surface area (Å²) in [6.07, 6.45) is 0. The summed E-state index contributed by atoms with van der Waals surface area (Å²) in [5.41, 5.74) is 3.08. The Hall–Kier alpha value is -4.66. The molecule has 0 spiro atoms. The fraction of sp³-hybridized carbons (Fsp3) is 0.241. The van der Waals surface area contributed by atoms with Crippen LogP contribution in [0.15, 0.2) is 78.4 Å². The predicted molar refractivity (Wildman–Crippen MR) is 149 cm³/mol. The van der Waals surface area contributed by atoms with E-state index in [4.69, 9.17) is 0 Å². The van der Waals surface area contributed by atoms with Gasteiger partial charge in [-0.1, -0.05) is 12.1 Å². The third-order valence-corrected chi connectivity index (χ3v) is 6.78. The zero-order chi connectivity index (χ0) is 27.6. The van der Waals surface area contributed by atoms with Crippen LogP contribution in [0.4, 0.5) is 22.7 Å². The Morgan fingerprint density at radius 3 is 1.95 bits per heavy atom. The number of non-ortho nitro benzene ring substituents is 1. The van der Waals surface area contributed by atoms with E-state index in [0.717, 1.165) is 24.5 Å². The lowest BCUT2D eigenvalue weighted by molar-refractivity contribution is -0.384. The number of benzene rings is 3. The van der Waals surface area contributed by atoms with E-state index in [0.29, 0.717) is 11.3 Å². The van der Waals surface area contributed by atoms with Crippen LogP contribution in [0.5, 0.6) is 0 Å². The van der Waals surface area contributed by atoms with Crippen LogP contribution in [0.3, 0.4) is 0 Å². The van der Waals surface area contributed by atoms with Crippen molar-refractivity contribution < 1.29 is 19.6 Å². The highest BCUT2D eigenvalue weighted by atomic mass is 16.6. The SMILES string of the molecule is CCN(CC)c1ccc(C2/C(=C(/O)c3ccc([N+](=O)[O-])cc3)C(=O)C(=O)N2c2ccc(N(C)C)cc2)cc1. The van der Waals surface area contributed by atoms with E-state index in [1.165, 1.54) is 29.2 Å². The molecule has 3 aromatic carbocycles. The Morgan fingerprint density at radius 1 is 0.895 bits per heavy atom. The number of aliphatic hydroxyl groups is 1. The molecule has 0 saturated carbocycles. The quantitative estimate of drug-likeness (QED) is 0.146. The zero-order valence-electron chi connectivity index (χ0n) is 21.8. The second-order valence-electron chi connectivity index (χ2n) is 9.15. The number of nitrogens with zero attached hydrogens (tertiary/aromatic N) is 4. The lowest BCUT2D eigenvalue weighted by Crippen LogP contribution is -2.29. The van der Waals surface area contributed by atoms with Crippen molar-refractivity contribution in [1.29, 1.82) is 0 Å². The molecule has 1 fully saturated rings. The minimum atomic E-state index is -0.888. The van der Waals surface area contributed by atoms with Gasteiger partial charge in [-0.3, -0.25) is 24.6 Å². The van der Waals surface area contributed by atoms with E-state index in [9.17, 15) is 24.8 Å². The molecule has 1 amide bonds. The van der Waals surface area contributed by atoms with Gasteiger partial charge in [-0.25, -0.2) is 0 Å². The van der Waals surface area contributed by atoms with Crippen molar-refractivity contribution in [3.63, 3.8) is 0 Å². The molecule has 0 bridgehead atoms. The van der Waals surface area contributed by atoms with Gasteiger partial charge in [0.1, 0.15) is 5.76 Å². The molecule has 196 valence electrons. The smallest absolute Gasteiger partial charge is 0.300 e. The van der Waals surface area contributed by atoms with Crippen molar-refractivity contribution in [2.45, 2.75) is 19.9 Å². The van der Waals surface area contributed by atoms with Gasteiger partial charge in [0.05, 0.1) is 16.5 Å². The summed E-state index contributed by atoms with van der Waals surface area (Å²) in [4.78, 5) is 42.8. The van der Waals surface area contributed by atoms with Crippen LogP contribution in [0.2, 0.25) is 0 Å². The standard InChI is InChI=1S/C29H30N4O5/c1-5-31(6-2)22-11-7-19(8-12-22)26-25(27(34)20-9-13-24(14-10-20)33(37)38)28(35)29(36)32(26)23-17-15-21(16-18-23)30(3)4/h7-18,26,34H,5-6H2,1-4H3/b27-25-. The van der Waals surface area contributed by atoms with Crippen molar-refractivity contribution in [3.8, 4) is 0 Å². The van der Waals surface area contributed by atoms with E-state index in [-0.39, 0.29) is 22.6 Å². The van der Waals surface area contributed by atoms with Gasteiger partial charge in [0.25, 0.3) is 17.4 Å². The highest BCUT2D eigenvalue weighted by molar-refractivity contribution is 6.51. The fourth-order valence-corrected chi connectivity index (χ4v) is 4.68. The summed E-state index contributed by atoms with van der Waals surface area (Å²) < 4.78 is 0. The summed E-state index contributed by atoms with van der Waals surface area (Å²) in [6, 6.07) is 19.2. The number of nitro groups is 1. The predicted octanol–water partition coefficient (Wildman–Crippen LogP) is 5.13. The first-order chi connectivity index (χ1) is 18.2. The molecule has 1 unspecified atom stereocenters. The molecule has 1 atom stereocenters. The molecule has 9 heteroatoms. The van der Waals surface area contributed by atoms with Crippen LogP contribution in [0.1, 0.15) is 31.0 Å². The molecule has 4 rings (SSSR count). The number of ketones is 1. The minimum Gasteiger partial charge on any atom is -0.507 e. The molecular weight excluding hydrogens is 484 g/mol. The molecule has 0 aromatic heterocycles. The van der Waals surface area contributed by atoms with Crippen molar-refractivity contribution in [2.24, 2.45) is 0 Å². The van der Waals surface area contributed by atoms with Gasteiger partial charge >= 0.3 is 0 Å². The number of carbonyl (C=O) groups excluding carboxylic acids is 2. The Labute approximate surface area is 221 Å². The van der Waals surface area contributed by atoms with Crippen LogP contribution < -0.4 is 14.7 Å². The number of anilines is 3. The Bertz CT molecular complexity index is 1380. The number of nitro benzene ring substituents is 1. The molecule has 1 heterocycles. The number of rotatable bonds is 8. The molecular formula is C29H30N4O5. The second-order valence-corrected chi connectivity index (χ2v) is 9.15. The maximum Gasteiger partial charge on any atom is 0.300 e. The van der Waals surface area contributed by atoms with Gasteiger partial charge in [-0.05, 0) is 67.9 Å². The second kappa shape index (κ2) is 10.8. The van der Waals surface area contributed by atoms with Gasteiger partial charge in [0.2, 0.25) is 0 Å². The third kappa shape index (κ3) is 4.82. The molecule has 1 aliphatic heterocycles. The molecule has 38 heavy (non-hydrogen) atoms. The number of Topliss-reactive ketones (excluding diaryl/α,β-unsaturated/α-hetero) is 1. The Kier molecular flexibility index (Phi) is 7.47. The van der Waals surface area contributed by atoms with Crippen LogP contribution in [0, 0.1) is 10.1 Å². The number of amides is 1. The van der Waals surface area contributed by atoms with Gasteiger partial charge in [-0.2, -0.15) is 0 Å². The minimum absolute atomic E-state index is 0.0730. The number of aliphatic hydroxyl groups excluding tert-OH is 1. The van der Waals surface area contributed by atoms with E-state index >= 15 is 0 Å². The van der Waals surface area contributed by atoms with Crippen LogP contribution in [-0.4, -0.2) is 48.9 Å². The molecule has 1 aliphatic rings. The Balaban J connectivity index is 1.87. The highest BCUT2D eigenvalue weighted by Crippen LogP contribution is 2.43.